The third-order valence-electron chi connectivity index (χ3n) is 4.08. The smallest absolute Gasteiger partial charge is 0.161 e. The average molecular weight is 329 g/mol. The van der Waals surface area contributed by atoms with Crippen LogP contribution < -0.4 is 5.32 Å². The predicted octanol–water partition coefficient (Wildman–Crippen LogP) is 5.46. The molecule has 0 aromatic heterocycles. The van der Waals surface area contributed by atoms with Crippen molar-refractivity contribution in [3.05, 3.63) is 28.2 Å². The van der Waals surface area contributed by atoms with Gasteiger partial charge in [-0.1, -0.05) is 60.8 Å². The van der Waals surface area contributed by atoms with Crippen LogP contribution in [-0.4, -0.2) is 16.5 Å². The number of anilines is 1. The van der Waals surface area contributed by atoms with Crippen LogP contribution in [0.15, 0.2) is 23.2 Å². The molecule has 1 aromatic rings. The van der Waals surface area contributed by atoms with Crippen molar-refractivity contribution in [3.63, 3.8) is 0 Å². The van der Waals surface area contributed by atoms with Gasteiger partial charge in [-0.05, 0) is 30.9 Å². The Hall–Kier alpha value is -0.380. The van der Waals surface area contributed by atoms with Gasteiger partial charge in [0, 0.05) is 5.75 Å². The molecule has 0 bridgehead atoms. The fourth-order valence-electron chi connectivity index (χ4n) is 3.13. The molecule has 1 aliphatic carbocycles. The van der Waals surface area contributed by atoms with E-state index in [1.54, 1.807) is 17.8 Å². The Kier molecular flexibility index (Phi) is 4.21. The highest BCUT2D eigenvalue weighted by Gasteiger charge is 2.39. The molecule has 3 rings (SSSR count). The Bertz CT molecular complexity index is 547. The number of nitrogens with one attached hydrogen (secondary N) is 1. The summed E-state index contributed by atoms with van der Waals surface area (Å²) in [5.41, 5.74) is 0.988. The van der Waals surface area contributed by atoms with Crippen LogP contribution in [0, 0.1) is 5.92 Å². The molecule has 5 heteroatoms. The highest BCUT2D eigenvalue weighted by Crippen LogP contribution is 2.42. The fraction of sp³-hybridized carbons (Fsp3) is 0.533. The van der Waals surface area contributed by atoms with E-state index in [1.165, 1.54) is 25.7 Å². The lowest BCUT2D eigenvalue weighted by atomic mass is 9.78. The molecule has 1 heterocycles. The molecule has 0 saturated heterocycles. The summed E-state index contributed by atoms with van der Waals surface area (Å²) in [5, 5.41) is 5.44. The lowest BCUT2D eigenvalue weighted by Crippen LogP contribution is -2.33. The van der Waals surface area contributed by atoms with Gasteiger partial charge in [0.05, 0.1) is 21.3 Å². The first kappa shape index (κ1) is 14.6. The molecule has 1 N–H and O–H groups in total. The molecule has 2 atom stereocenters. The van der Waals surface area contributed by atoms with Gasteiger partial charge in [-0.15, -0.1) is 0 Å². The zero-order chi connectivity index (χ0) is 14.2. The molecule has 1 aromatic carbocycles. The molecule has 1 spiro atoms. The lowest BCUT2D eigenvalue weighted by Gasteiger charge is -2.33. The van der Waals surface area contributed by atoms with Crippen LogP contribution in [0.1, 0.15) is 32.6 Å². The highest BCUT2D eigenvalue weighted by atomic mass is 35.5. The zero-order valence-electron chi connectivity index (χ0n) is 11.5. The molecule has 20 heavy (non-hydrogen) atoms. The molecule has 1 fully saturated rings. The first-order valence-electron chi connectivity index (χ1n) is 7.02. The number of nitrogens with zero attached hydrogens (tertiary/aromatic N) is 1. The topological polar surface area (TPSA) is 24.4 Å². The Balaban J connectivity index is 1.77. The van der Waals surface area contributed by atoms with Crippen LogP contribution in [0.4, 0.5) is 5.69 Å². The highest BCUT2D eigenvalue weighted by molar-refractivity contribution is 8.14. The van der Waals surface area contributed by atoms with Gasteiger partial charge in [0.25, 0.3) is 0 Å². The van der Waals surface area contributed by atoms with Crippen LogP contribution in [0.2, 0.25) is 10.0 Å². The summed E-state index contributed by atoms with van der Waals surface area (Å²) < 4.78 is 0. The maximum atomic E-state index is 6.21. The number of rotatable bonds is 1. The van der Waals surface area contributed by atoms with Gasteiger partial charge in [0.15, 0.2) is 5.17 Å². The Morgan fingerprint density at radius 1 is 1.40 bits per heavy atom. The van der Waals surface area contributed by atoms with Crippen LogP contribution in [-0.2, 0) is 0 Å². The van der Waals surface area contributed by atoms with Crippen molar-refractivity contribution in [2.75, 3.05) is 11.1 Å². The number of benzene rings is 1. The van der Waals surface area contributed by atoms with Crippen LogP contribution in [0.5, 0.6) is 0 Å². The van der Waals surface area contributed by atoms with Crippen molar-refractivity contribution in [2.45, 2.75) is 38.1 Å². The van der Waals surface area contributed by atoms with E-state index < -0.39 is 0 Å². The first-order valence-corrected chi connectivity index (χ1v) is 8.76. The maximum absolute atomic E-state index is 6.21. The van der Waals surface area contributed by atoms with Gasteiger partial charge in [-0.25, -0.2) is 0 Å². The van der Waals surface area contributed by atoms with Crippen LogP contribution in [0.3, 0.4) is 0 Å². The minimum Gasteiger partial charge on any atom is -0.334 e. The number of thioether (sulfide) groups is 1. The molecule has 2 aliphatic rings. The molecule has 108 valence electrons. The van der Waals surface area contributed by atoms with Crippen molar-refractivity contribution < 1.29 is 0 Å². The standard InChI is InChI=1S/C15H18Cl2N2S/c1-10-4-3-7-15(8-10)9-20-14(19-15)18-12-6-2-5-11(16)13(12)17/h2,5-6,10H,3-4,7-9H2,1H3,(H,18,19). The summed E-state index contributed by atoms with van der Waals surface area (Å²) in [7, 11) is 0. The SMILES string of the molecule is CC1CCCC2(CSC(Nc3cccc(Cl)c3Cl)=N2)C1. The third-order valence-corrected chi connectivity index (χ3v) is 6.04. The Morgan fingerprint density at radius 2 is 2.25 bits per heavy atom. The normalized spacial score (nSPS) is 29.6. The molecule has 2 nitrogen and oxygen atoms in total. The van der Waals surface area contributed by atoms with Gasteiger partial charge in [0.2, 0.25) is 0 Å². The van der Waals surface area contributed by atoms with Crippen molar-refractivity contribution in [1.29, 1.82) is 0 Å². The minimum atomic E-state index is 0.149. The van der Waals surface area contributed by atoms with E-state index in [2.05, 4.69) is 12.2 Å². The van der Waals surface area contributed by atoms with Gasteiger partial charge >= 0.3 is 0 Å². The number of hydrogen-bond acceptors (Lipinski definition) is 3. The van der Waals surface area contributed by atoms with E-state index in [1.807, 2.05) is 12.1 Å². The summed E-state index contributed by atoms with van der Waals surface area (Å²) in [4.78, 5) is 4.96. The zero-order valence-corrected chi connectivity index (χ0v) is 13.8. The van der Waals surface area contributed by atoms with E-state index in [-0.39, 0.29) is 5.54 Å². The number of aliphatic imine (C=N–C) groups is 1. The van der Waals surface area contributed by atoms with Gasteiger partial charge < -0.3 is 5.32 Å². The maximum Gasteiger partial charge on any atom is 0.161 e. The van der Waals surface area contributed by atoms with E-state index in [9.17, 15) is 0 Å². The summed E-state index contributed by atoms with van der Waals surface area (Å²) in [5.74, 6) is 1.86. The third kappa shape index (κ3) is 2.95. The second kappa shape index (κ2) is 5.78. The molecule has 0 radical (unpaired) electrons. The molecule has 0 amide bonds. The van der Waals surface area contributed by atoms with E-state index in [4.69, 9.17) is 28.2 Å². The quantitative estimate of drug-likeness (QED) is 0.740. The van der Waals surface area contributed by atoms with Gasteiger partial charge in [-0.3, -0.25) is 4.99 Å². The summed E-state index contributed by atoms with van der Waals surface area (Å²) >= 11 is 14.1. The van der Waals surface area contributed by atoms with E-state index in [0.717, 1.165) is 22.5 Å². The molecule has 1 saturated carbocycles. The molecule has 1 aliphatic heterocycles. The summed E-state index contributed by atoms with van der Waals surface area (Å²) in [6.45, 7) is 2.33. The van der Waals surface area contributed by atoms with Crippen LogP contribution >= 0.6 is 35.0 Å². The minimum absolute atomic E-state index is 0.149. The van der Waals surface area contributed by atoms with Crippen molar-refractivity contribution >= 4 is 45.8 Å². The second-order valence-corrected chi connectivity index (χ2v) is 7.61. The number of halogens is 2. The average Bonchev–Trinajstić information content (AvgIpc) is 2.77. The fourth-order valence-corrected chi connectivity index (χ4v) is 4.65. The second-order valence-electron chi connectivity index (χ2n) is 5.86. The monoisotopic (exact) mass is 328 g/mol. The molecule has 2 unspecified atom stereocenters. The van der Waals surface area contributed by atoms with Crippen molar-refractivity contribution in [3.8, 4) is 0 Å². The molecular weight excluding hydrogens is 311 g/mol. The largest absolute Gasteiger partial charge is 0.334 e. The number of hydrogen-bond donors (Lipinski definition) is 1. The first-order chi connectivity index (χ1) is 9.58. The van der Waals surface area contributed by atoms with Crippen molar-refractivity contribution in [1.82, 2.24) is 0 Å². The number of amidine groups is 1. The van der Waals surface area contributed by atoms with Crippen molar-refractivity contribution in [2.24, 2.45) is 10.9 Å². The predicted molar refractivity (Wildman–Crippen MR) is 90.3 cm³/mol. The van der Waals surface area contributed by atoms with Crippen LogP contribution in [0.25, 0.3) is 0 Å². The van der Waals surface area contributed by atoms with Gasteiger partial charge in [-0.2, -0.15) is 0 Å². The Labute approximate surface area is 134 Å². The van der Waals surface area contributed by atoms with E-state index >= 15 is 0 Å². The van der Waals surface area contributed by atoms with E-state index in [0.29, 0.717) is 10.0 Å². The van der Waals surface area contributed by atoms with Gasteiger partial charge in [0.1, 0.15) is 0 Å². The Morgan fingerprint density at radius 3 is 3.05 bits per heavy atom. The summed E-state index contributed by atoms with van der Waals surface area (Å²) in [6.07, 6.45) is 5.04. The molecular formula is C15H18Cl2N2S. The summed E-state index contributed by atoms with van der Waals surface area (Å²) in [6, 6.07) is 5.63. The lowest BCUT2D eigenvalue weighted by molar-refractivity contribution is 0.266.